The molecule has 1 atom stereocenters. The molecule has 0 radical (unpaired) electrons. The van der Waals surface area contributed by atoms with E-state index in [0.29, 0.717) is 11.9 Å². The Morgan fingerprint density at radius 3 is 2.47 bits per heavy atom. The van der Waals surface area contributed by atoms with Crippen LogP contribution in [0.15, 0.2) is 6.07 Å². The molecule has 2 aromatic rings. The number of nitrogens with zero attached hydrogens (tertiary/aromatic N) is 3. The summed E-state index contributed by atoms with van der Waals surface area (Å²) >= 11 is 7.64. The zero-order chi connectivity index (χ0) is 14.0. The van der Waals surface area contributed by atoms with E-state index in [0.717, 1.165) is 0 Å². The van der Waals surface area contributed by atoms with E-state index in [1.165, 1.54) is 15.3 Å². The van der Waals surface area contributed by atoms with Gasteiger partial charge in [-0.25, -0.2) is 0 Å². The van der Waals surface area contributed by atoms with Crippen LogP contribution in [-0.4, -0.2) is 22.0 Å². The zero-order valence-electron chi connectivity index (χ0n) is 11.3. The highest BCUT2D eigenvalue weighted by atomic mass is 35.5. The molecule has 102 valence electrons. The van der Waals surface area contributed by atoms with Crippen molar-refractivity contribution in [3.8, 4) is 0 Å². The summed E-state index contributed by atoms with van der Waals surface area (Å²) in [6.07, 6.45) is 0. The van der Waals surface area contributed by atoms with E-state index in [4.69, 9.17) is 11.6 Å². The first-order valence-corrected chi connectivity index (χ1v) is 7.12. The smallest absolute Gasteiger partial charge is 0.229 e. The van der Waals surface area contributed by atoms with Gasteiger partial charge >= 0.3 is 0 Å². The fraction of sp³-hybridized carbons (Fsp3) is 0.417. The maximum atomic E-state index is 5.85. The van der Waals surface area contributed by atoms with Gasteiger partial charge in [0.25, 0.3) is 0 Å². The van der Waals surface area contributed by atoms with Crippen molar-refractivity contribution in [2.75, 3.05) is 17.7 Å². The average Bonchev–Trinajstić information content (AvgIpc) is 2.67. The van der Waals surface area contributed by atoms with E-state index in [1.807, 2.05) is 0 Å². The van der Waals surface area contributed by atoms with Gasteiger partial charge in [0.15, 0.2) is 0 Å². The Labute approximate surface area is 121 Å². The minimum atomic E-state index is 0.119. The summed E-state index contributed by atoms with van der Waals surface area (Å²) in [5.41, 5.74) is 1.25. The summed E-state index contributed by atoms with van der Waals surface area (Å²) in [6, 6.07) is 2.30. The highest BCUT2D eigenvalue weighted by Crippen LogP contribution is 2.28. The van der Waals surface area contributed by atoms with Gasteiger partial charge in [0.2, 0.25) is 17.2 Å². The quantitative estimate of drug-likeness (QED) is 0.905. The van der Waals surface area contributed by atoms with Crippen LogP contribution in [0.5, 0.6) is 0 Å². The topological polar surface area (TPSA) is 62.7 Å². The monoisotopic (exact) mass is 297 g/mol. The van der Waals surface area contributed by atoms with Crippen LogP contribution in [0.25, 0.3) is 0 Å². The van der Waals surface area contributed by atoms with Crippen molar-refractivity contribution >= 4 is 34.8 Å². The van der Waals surface area contributed by atoms with E-state index in [2.05, 4.69) is 52.4 Å². The van der Waals surface area contributed by atoms with Crippen molar-refractivity contribution < 1.29 is 0 Å². The Bertz CT molecular complexity index is 583. The van der Waals surface area contributed by atoms with Crippen LogP contribution in [-0.2, 0) is 0 Å². The molecule has 0 saturated carbocycles. The third-order valence-corrected chi connectivity index (χ3v) is 3.87. The van der Waals surface area contributed by atoms with Gasteiger partial charge in [-0.2, -0.15) is 15.0 Å². The summed E-state index contributed by atoms with van der Waals surface area (Å²) in [5, 5.41) is 6.27. The number of halogens is 1. The lowest BCUT2D eigenvalue weighted by Gasteiger charge is -2.14. The first kappa shape index (κ1) is 14.0. The molecule has 0 amide bonds. The van der Waals surface area contributed by atoms with E-state index < -0.39 is 0 Å². The van der Waals surface area contributed by atoms with E-state index >= 15 is 0 Å². The maximum absolute atomic E-state index is 5.85. The van der Waals surface area contributed by atoms with Crippen LogP contribution < -0.4 is 10.6 Å². The van der Waals surface area contributed by atoms with Crippen LogP contribution in [0.1, 0.15) is 28.3 Å². The molecule has 0 aliphatic carbocycles. The lowest BCUT2D eigenvalue weighted by molar-refractivity contribution is 0.852. The lowest BCUT2D eigenvalue weighted by atomic mass is 10.1. The first-order chi connectivity index (χ1) is 8.99. The molecule has 0 saturated heterocycles. The second kappa shape index (κ2) is 5.71. The minimum absolute atomic E-state index is 0.119. The first-order valence-electron chi connectivity index (χ1n) is 5.92. The summed E-state index contributed by atoms with van der Waals surface area (Å²) in [7, 11) is 1.74. The summed E-state index contributed by atoms with van der Waals surface area (Å²) in [6.45, 7) is 6.29. The van der Waals surface area contributed by atoms with Gasteiger partial charge < -0.3 is 10.6 Å². The number of anilines is 2. The number of hydrogen-bond acceptors (Lipinski definition) is 6. The van der Waals surface area contributed by atoms with Gasteiger partial charge in [0.05, 0.1) is 6.04 Å². The van der Waals surface area contributed by atoms with Crippen LogP contribution >= 0.6 is 22.9 Å². The Morgan fingerprint density at radius 2 is 1.89 bits per heavy atom. The van der Waals surface area contributed by atoms with Gasteiger partial charge in [-0.05, 0) is 44.0 Å². The van der Waals surface area contributed by atoms with Crippen LogP contribution in [0.2, 0.25) is 5.28 Å². The number of hydrogen-bond donors (Lipinski definition) is 2. The minimum Gasteiger partial charge on any atom is -0.357 e. The summed E-state index contributed by atoms with van der Waals surface area (Å²) in [4.78, 5) is 14.9. The molecule has 0 aliphatic rings. The number of aromatic nitrogens is 3. The van der Waals surface area contributed by atoms with Gasteiger partial charge in [-0.15, -0.1) is 11.3 Å². The largest absolute Gasteiger partial charge is 0.357 e. The second-order valence-electron chi connectivity index (χ2n) is 4.24. The molecule has 0 aliphatic heterocycles. The SMILES string of the molecule is CNc1nc(Cl)nc(NC(C)c2cc(C)sc2C)n1. The van der Waals surface area contributed by atoms with Crippen molar-refractivity contribution in [1.82, 2.24) is 15.0 Å². The van der Waals surface area contributed by atoms with Gasteiger partial charge in [-0.1, -0.05) is 0 Å². The highest BCUT2D eigenvalue weighted by molar-refractivity contribution is 7.12. The van der Waals surface area contributed by atoms with Gasteiger partial charge in [-0.3, -0.25) is 0 Å². The van der Waals surface area contributed by atoms with Crippen molar-refractivity contribution in [2.24, 2.45) is 0 Å². The highest BCUT2D eigenvalue weighted by Gasteiger charge is 2.13. The van der Waals surface area contributed by atoms with Gasteiger partial charge in [0.1, 0.15) is 0 Å². The average molecular weight is 298 g/mol. The predicted molar refractivity (Wildman–Crippen MR) is 80.2 cm³/mol. The van der Waals surface area contributed by atoms with Crippen molar-refractivity contribution in [3.63, 3.8) is 0 Å². The van der Waals surface area contributed by atoms with Crippen LogP contribution in [0.4, 0.5) is 11.9 Å². The number of nitrogens with one attached hydrogen (secondary N) is 2. The van der Waals surface area contributed by atoms with Crippen molar-refractivity contribution in [2.45, 2.75) is 26.8 Å². The van der Waals surface area contributed by atoms with E-state index in [1.54, 1.807) is 18.4 Å². The van der Waals surface area contributed by atoms with E-state index in [9.17, 15) is 0 Å². The molecule has 2 heterocycles. The summed E-state index contributed by atoms with van der Waals surface area (Å²) < 4.78 is 0. The molecular weight excluding hydrogens is 282 g/mol. The fourth-order valence-electron chi connectivity index (χ4n) is 1.88. The predicted octanol–water partition coefficient (Wildman–Crippen LogP) is 3.42. The third-order valence-electron chi connectivity index (χ3n) is 2.72. The Balaban J connectivity index is 2.21. The molecule has 0 spiro atoms. The summed E-state index contributed by atoms with van der Waals surface area (Å²) in [5.74, 6) is 0.924. The molecule has 0 aromatic carbocycles. The molecule has 5 nitrogen and oxygen atoms in total. The Kier molecular flexibility index (Phi) is 4.21. The van der Waals surface area contributed by atoms with Crippen LogP contribution in [0, 0.1) is 13.8 Å². The normalized spacial score (nSPS) is 12.3. The molecule has 0 bridgehead atoms. The molecule has 2 aromatic heterocycles. The number of thiophene rings is 1. The zero-order valence-corrected chi connectivity index (χ0v) is 12.9. The number of rotatable bonds is 4. The standard InChI is InChI=1S/C12H16ClN5S/c1-6-5-9(8(3)19-6)7(2)15-12-17-10(13)16-11(14-4)18-12/h5,7H,1-4H3,(H2,14,15,16,17,18). The molecule has 0 fully saturated rings. The molecule has 2 N–H and O–H groups in total. The van der Waals surface area contributed by atoms with E-state index in [-0.39, 0.29) is 11.3 Å². The van der Waals surface area contributed by atoms with Crippen molar-refractivity contribution in [3.05, 3.63) is 26.7 Å². The molecule has 7 heteroatoms. The van der Waals surface area contributed by atoms with Crippen molar-refractivity contribution in [1.29, 1.82) is 0 Å². The molecular formula is C12H16ClN5S. The fourth-order valence-corrected chi connectivity index (χ4v) is 3.06. The van der Waals surface area contributed by atoms with Crippen LogP contribution in [0.3, 0.4) is 0 Å². The third kappa shape index (κ3) is 3.33. The number of aryl methyl sites for hydroxylation is 2. The molecule has 1 unspecified atom stereocenters. The molecule has 19 heavy (non-hydrogen) atoms. The molecule has 2 rings (SSSR count). The Hall–Kier alpha value is -1.40. The maximum Gasteiger partial charge on any atom is 0.229 e. The van der Waals surface area contributed by atoms with Gasteiger partial charge in [0, 0.05) is 16.8 Å². The Morgan fingerprint density at radius 1 is 1.21 bits per heavy atom. The second-order valence-corrected chi connectivity index (χ2v) is 6.03. The lowest BCUT2D eigenvalue weighted by Crippen LogP contribution is -2.11.